The molecule has 2 aliphatic heterocycles. The SMILES string of the molecule is CC(C)c1ncc(CN2CCC([C@@H]3CC=CCN(Cc4ccc(F)cc4)C3=O)CC2)cn1. The van der Waals surface area contributed by atoms with Gasteiger partial charge in [-0.1, -0.05) is 38.1 Å². The van der Waals surface area contributed by atoms with Crippen LogP contribution in [-0.2, 0) is 17.9 Å². The zero-order valence-electron chi connectivity index (χ0n) is 19.1. The van der Waals surface area contributed by atoms with Gasteiger partial charge in [0.1, 0.15) is 11.6 Å². The van der Waals surface area contributed by atoms with Gasteiger partial charge >= 0.3 is 0 Å². The van der Waals surface area contributed by atoms with Gasteiger partial charge in [-0.05, 0) is 56.0 Å². The maximum absolute atomic E-state index is 13.4. The molecule has 170 valence electrons. The summed E-state index contributed by atoms with van der Waals surface area (Å²) in [6.07, 6.45) is 11.0. The van der Waals surface area contributed by atoms with E-state index in [1.54, 1.807) is 12.1 Å². The Morgan fingerprint density at radius 1 is 1.00 bits per heavy atom. The van der Waals surface area contributed by atoms with Crippen molar-refractivity contribution in [2.45, 2.75) is 52.1 Å². The molecule has 0 unspecified atom stereocenters. The van der Waals surface area contributed by atoms with Gasteiger partial charge in [0.25, 0.3) is 0 Å². The molecule has 5 nitrogen and oxygen atoms in total. The minimum Gasteiger partial charge on any atom is -0.334 e. The molecule has 2 aromatic rings. The summed E-state index contributed by atoms with van der Waals surface area (Å²) in [6, 6.07) is 6.45. The first-order chi connectivity index (χ1) is 15.5. The summed E-state index contributed by atoms with van der Waals surface area (Å²) in [5, 5.41) is 0. The van der Waals surface area contributed by atoms with Crippen LogP contribution in [-0.4, -0.2) is 45.3 Å². The topological polar surface area (TPSA) is 49.3 Å². The predicted octanol–water partition coefficient (Wildman–Crippen LogP) is 4.56. The molecule has 1 aromatic carbocycles. The van der Waals surface area contributed by atoms with E-state index < -0.39 is 0 Å². The second-order valence-electron chi connectivity index (χ2n) is 9.38. The normalized spacial score (nSPS) is 20.7. The summed E-state index contributed by atoms with van der Waals surface area (Å²) in [4.78, 5) is 26.7. The summed E-state index contributed by atoms with van der Waals surface area (Å²) in [5.41, 5.74) is 2.11. The molecule has 1 saturated heterocycles. The van der Waals surface area contributed by atoms with Crippen LogP contribution in [0.15, 0.2) is 48.8 Å². The van der Waals surface area contributed by atoms with Gasteiger partial charge in [0.05, 0.1) is 0 Å². The lowest BCUT2D eigenvalue weighted by atomic mass is 9.81. The summed E-state index contributed by atoms with van der Waals surface area (Å²) in [6.45, 7) is 8.20. The van der Waals surface area contributed by atoms with Crippen molar-refractivity contribution < 1.29 is 9.18 Å². The minimum absolute atomic E-state index is 0.0324. The van der Waals surface area contributed by atoms with Gasteiger partial charge < -0.3 is 4.90 Å². The van der Waals surface area contributed by atoms with Crippen LogP contribution >= 0.6 is 0 Å². The number of amides is 1. The number of aromatic nitrogens is 2. The number of nitrogens with zero attached hydrogens (tertiary/aromatic N) is 4. The molecule has 0 saturated carbocycles. The molecule has 2 aliphatic rings. The lowest BCUT2D eigenvalue weighted by Crippen LogP contribution is -2.42. The van der Waals surface area contributed by atoms with Crippen molar-refractivity contribution in [2.24, 2.45) is 11.8 Å². The van der Waals surface area contributed by atoms with E-state index in [1.165, 1.54) is 12.1 Å². The Hall–Kier alpha value is -2.60. The van der Waals surface area contributed by atoms with Crippen molar-refractivity contribution in [3.63, 3.8) is 0 Å². The van der Waals surface area contributed by atoms with Gasteiger partial charge in [-0.2, -0.15) is 0 Å². The van der Waals surface area contributed by atoms with E-state index in [4.69, 9.17) is 0 Å². The third kappa shape index (κ3) is 5.60. The van der Waals surface area contributed by atoms with Crippen molar-refractivity contribution >= 4 is 5.91 Å². The lowest BCUT2D eigenvalue weighted by Gasteiger charge is -2.36. The third-order valence-electron chi connectivity index (χ3n) is 6.65. The van der Waals surface area contributed by atoms with Crippen molar-refractivity contribution in [1.29, 1.82) is 0 Å². The molecule has 0 N–H and O–H groups in total. The van der Waals surface area contributed by atoms with Crippen LogP contribution in [0.1, 0.15) is 56.0 Å². The highest BCUT2D eigenvalue weighted by Gasteiger charge is 2.34. The number of hydrogen-bond donors (Lipinski definition) is 0. The molecule has 0 radical (unpaired) electrons. The molecule has 1 fully saturated rings. The number of piperidine rings is 1. The van der Waals surface area contributed by atoms with E-state index in [0.29, 0.717) is 24.9 Å². The highest BCUT2D eigenvalue weighted by atomic mass is 19.1. The quantitative estimate of drug-likeness (QED) is 0.623. The summed E-state index contributed by atoms with van der Waals surface area (Å²) in [5.74, 6) is 1.64. The number of halogens is 1. The Kier molecular flexibility index (Phi) is 7.30. The molecule has 4 rings (SSSR count). The molecule has 0 bridgehead atoms. The van der Waals surface area contributed by atoms with Gasteiger partial charge in [-0.15, -0.1) is 0 Å². The minimum atomic E-state index is -0.247. The average molecular weight is 437 g/mol. The van der Waals surface area contributed by atoms with Crippen LogP contribution in [0, 0.1) is 17.7 Å². The molecule has 3 heterocycles. The Balaban J connectivity index is 1.33. The highest BCUT2D eigenvalue weighted by molar-refractivity contribution is 5.80. The van der Waals surface area contributed by atoms with Crippen LogP contribution in [0.4, 0.5) is 4.39 Å². The number of carbonyl (C=O) groups is 1. The Morgan fingerprint density at radius 3 is 2.34 bits per heavy atom. The van der Waals surface area contributed by atoms with Gasteiger partial charge in [0.15, 0.2) is 0 Å². The number of allylic oxidation sites excluding steroid dienone is 1. The molecule has 0 spiro atoms. The van der Waals surface area contributed by atoms with E-state index in [9.17, 15) is 9.18 Å². The first-order valence-electron chi connectivity index (χ1n) is 11.7. The Bertz CT molecular complexity index is 918. The molecule has 1 aromatic heterocycles. The zero-order valence-corrected chi connectivity index (χ0v) is 19.1. The van der Waals surface area contributed by atoms with Crippen LogP contribution in [0.2, 0.25) is 0 Å². The maximum Gasteiger partial charge on any atom is 0.226 e. The van der Waals surface area contributed by atoms with E-state index in [1.807, 2.05) is 17.3 Å². The summed E-state index contributed by atoms with van der Waals surface area (Å²) < 4.78 is 13.2. The van der Waals surface area contributed by atoms with Crippen LogP contribution in [0.25, 0.3) is 0 Å². The average Bonchev–Trinajstić information content (AvgIpc) is 2.98. The molecule has 0 aliphatic carbocycles. The molecular formula is C26H33FN4O. The number of hydrogen-bond acceptors (Lipinski definition) is 4. The van der Waals surface area contributed by atoms with E-state index in [-0.39, 0.29) is 17.6 Å². The number of benzene rings is 1. The van der Waals surface area contributed by atoms with Gasteiger partial charge in [0, 0.05) is 49.4 Å². The maximum atomic E-state index is 13.4. The van der Waals surface area contributed by atoms with E-state index >= 15 is 0 Å². The van der Waals surface area contributed by atoms with Gasteiger partial charge in [-0.3, -0.25) is 9.69 Å². The molecule has 32 heavy (non-hydrogen) atoms. The predicted molar refractivity (Wildman–Crippen MR) is 123 cm³/mol. The third-order valence-corrected chi connectivity index (χ3v) is 6.65. The van der Waals surface area contributed by atoms with Crippen molar-refractivity contribution in [2.75, 3.05) is 19.6 Å². The standard InChI is InChI=1S/C26H33FN4O/c1-19(2)25-28-15-21(16-29-25)17-30-13-10-22(11-14-30)24-5-3-4-12-31(26(24)32)18-20-6-8-23(27)9-7-20/h3-4,6-9,15-16,19,22,24H,5,10-14,17-18H2,1-2H3/t24-/m0/s1. The largest absolute Gasteiger partial charge is 0.334 e. The zero-order chi connectivity index (χ0) is 22.5. The first kappa shape index (κ1) is 22.6. The summed E-state index contributed by atoms with van der Waals surface area (Å²) >= 11 is 0. The second kappa shape index (κ2) is 10.3. The number of carbonyl (C=O) groups excluding carboxylic acids is 1. The number of likely N-dealkylation sites (tertiary alicyclic amines) is 1. The van der Waals surface area contributed by atoms with Crippen LogP contribution in [0.3, 0.4) is 0 Å². The van der Waals surface area contributed by atoms with Crippen molar-refractivity contribution in [3.8, 4) is 0 Å². The van der Waals surface area contributed by atoms with Crippen LogP contribution < -0.4 is 0 Å². The molecule has 1 atom stereocenters. The van der Waals surface area contributed by atoms with Crippen molar-refractivity contribution in [1.82, 2.24) is 19.8 Å². The number of rotatable bonds is 6. The molecule has 6 heteroatoms. The smallest absolute Gasteiger partial charge is 0.226 e. The fraction of sp³-hybridized carbons (Fsp3) is 0.500. The molecular weight excluding hydrogens is 403 g/mol. The van der Waals surface area contributed by atoms with Crippen LogP contribution in [0.5, 0.6) is 0 Å². The highest BCUT2D eigenvalue weighted by Crippen LogP contribution is 2.31. The van der Waals surface area contributed by atoms with E-state index in [2.05, 4.69) is 40.9 Å². The fourth-order valence-electron chi connectivity index (χ4n) is 4.73. The van der Waals surface area contributed by atoms with Crippen molar-refractivity contribution in [3.05, 3.63) is 71.6 Å². The Labute approximate surface area is 190 Å². The lowest BCUT2D eigenvalue weighted by molar-refractivity contribution is -0.137. The van der Waals surface area contributed by atoms with Gasteiger partial charge in [-0.25, -0.2) is 14.4 Å². The van der Waals surface area contributed by atoms with E-state index in [0.717, 1.165) is 55.8 Å². The Morgan fingerprint density at radius 2 is 1.69 bits per heavy atom. The monoisotopic (exact) mass is 436 g/mol. The molecule has 1 amide bonds. The fourth-order valence-corrected chi connectivity index (χ4v) is 4.73. The first-order valence-corrected chi connectivity index (χ1v) is 11.7. The second-order valence-corrected chi connectivity index (χ2v) is 9.38. The van der Waals surface area contributed by atoms with Gasteiger partial charge in [0.2, 0.25) is 5.91 Å². The summed E-state index contributed by atoms with van der Waals surface area (Å²) in [7, 11) is 0.